The van der Waals surface area contributed by atoms with Gasteiger partial charge in [0.15, 0.2) is 0 Å². The minimum absolute atomic E-state index is 0.176. The van der Waals surface area contributed by atoms with Crippen molar-refractivity contribution in [2.75, 3.05) is 6.54 Å². The second kappa shape index (κ2) is 20.4. The molecule has 5 heteroatoms. The molecule has 0 atom stereocenters. The lowest BCUT2D eigenvalue weighted by atomic mass is 10.1. The Kier molecular flexibility index (Phi) is 23.3. The zero-order valence-electron chi connectivity index (χ0n) is 15.1. The molecule has 0 fully saturated rings. The Hall–Kier alpha value is -1.62. The molecule has 0 saturated carbocycles. The van der Waals surface area contributed by atoms with Gasteiger partial charge in [0.05, 0.1) is 0 Å². The van der Waals surface area contributed by atoms with E-state index in [1.807, 2.05) is 0 Å². The van der Waals surface area contributed by atoms with Crippen molar-refractivity contribution in [3.05, 3.63) is 24.3 Å². The molecule has 4 N–H and O–H groups in total. The van der Waals surface area contributed by atoms with E-state index in [0.717, 1.165) is 6.54 Å². The molecule has 0 aliphatic heterocycles. The molecule has 5 nitrogen and oxygen atoms in total. The summed E-state index contributed by atoms with van der Waals surface area (Å²) in [6.07, 6.45) is 11.0. The van der Waals surface area contributed by atoms with Crippen molar-refractivity contribution in [2.24, 2.45) is 5.73 Å². The summed E-state index contributed by atoms with van der Waals surface area (Å²) in [6, 6.07) is 0. The normalized spacial score (nSPS) is 8.87. The number of aliphatic carboxylic acids is 2. The zero-order chi connectivity index (χ0) is 18.7. The number of hydrogen-bond donors (Lipinski definition) is 3. The molecule has 0 aromatic heterocycles. The molecule has 0 unspecified atom stereocenters. The molecule has 0 aliphatic rings. The van der Waals surface area contributed by atoms with E-state index in [1.165, 1.54) is 65.2 Å². The summed E-state index contributed by atoms with van der Waals surface area (Å²) in [7, 11) is 0. The first-order valence-corrected chi connectivity index (χ1v) is 8.18. The predicted octanol–water partition coefficient (Wildman–Crippen LogP) is 4.38. The Balaban J connectivity index is -0.000000284. The zero-order valence-corrected chi connectivity index (χ0v) is 15.1. The van der Waals surface area contributed by atoms with E-state index in [0.29, 0.717) is 0 Å². The average Bonchev–Trinajstić information content (AvgIpc) is 2.47. The molecule has 0 aromatic rings. The SMILES string of the molecule is C=C(C)C(=O)O.C=C(C)C(=O)O.CCCCCCCCCCN. The van der Waals surface area contributed by atoms with Gasteiger partial charge < -0.3 is 15.9 Å². The minimum atomic E-state index is -0.935. The third-order valence-corrected chi connectivity index (χ3v) is 2.79. The Morgan fingerprint density at radius 1 is 0.783 bits per heavy atom. The molecule has 0 radical (unpaired) electrons. The van der Waals surface area contributed by atoms with Crippen LogP contribution in [0.1, 0.15) is 72.1 Å². The lowest BCUT2D eigenvalue weighted by Crippen LogP contribution is -1.97. The molecule has 0 amide bonds. The lowest BCUT2D eigenvalue weighted by molar-refractivity contribution is -0.133. The van der Waals surface area contributed by atoms with Crippen molar-refractivity contribution < 1.29 is 19.8 Å². The summed E-state index contributed by atoms with van der Waals surface area (Å²) in [5.74, 6) is -1.87. The number of nitrogens with two attached hydrogens (primary N) is 1. The molecule has 0 bridgehead atoms. The second-order valence-electron chi connectivity index (χ2n) is 5.43. The Labute approximate surface area is 141 Å². The summed E-state index contributed by atoms with van der Waals surface area (Å²) in [5.41, 5.74) is 5.74. The van der Waals surface area contributed by atoms with E-state index in [9.17, 15) is 9.59 Å². The monoisotopic (exact) mass is 329 g/mol. The van der Waals surface area contributed by atoms with Crippen LogP contribution in [0.4, 0.5) is 0 Å². The van der Waals surface area contributed by atoms with Crippen LogP contribution in [-0.4, -0.2) is 28.7 Å². The molecule has 136 valence electrons. The summed E-state index contributed by atoms with van der Waals surface area (Å²) in [6.45, 7) is 12.3. The van der Waals surface area contributed by atoms with E-state index < -0.39 is 11.9 Å². The maximum atomic E-state index is 9.60. The van der Waals surface area contributed by atoms with Gasteiger partial charge in [-0.2, -0.15) is 0 Å². The highest BCUT2D eigenvalue weighted by Gasteiger charge is 1.91. The maximum Gasteiger partial charge on any atom is 0.330 e. The topological polar surface area (TPSA) is 101 Å². The summed E-state index contributed by atoms with van der Waals surface area (Å²) in [4.78, 5) is 19.2. The summed E-state index contributed by atoms with van der Waals surface area (Å²) >= 11 is 0. The molecule has 0 spiro atoms. The fraction of sp³-hybridized carbons (Fsp3) is 0.667. The third kappa shape index (κ3) is 33.3. The number of unbranched alkanes of at least 4 members (excludes halogenated alkanes) is 7. The van der Waals surface area contributed by atoms with E-state index in [1.54, 1.807) is 0 Å². The quantitative estimate of drug-likeness (QED) is 0.408. The van der Waals surface area contributed by atoms with Crippen LogP contribution in [0.5, 0.6) is 0 Å². The first kappa shape index (κ1) is 26.3. The van der Waals surface area contributed by atoms with Crippen LogP contribution in [-0.2, 0) is 9.59 Å². The van der Waals surface area contributed by atoms with Crippen molar-refractivity contribution in [1.29, 1.82) is 0 Å². The molecule has 0 aliphatic carbocycles. The Morgan fingerprint density at radius 3 is 1.26 bits per heavy atom. The van der Waals surface area contributed by atoms with E-state index in [2.05, 4.69) is 20.1 Å². The first-order valence-electron chi connectivity index (χ1n) is 8.18. The van der Waals surface area contributed by atoms with Gasteiger partial charge >= 0.3 is 11.9 Å². The summed E-state index contributed by atoms with van der Waals surface area (Å²) in [5, 5.41) is 15.8. The van der Waals surface area contributed by atoms with E-state index in [-0.39, 0.29) is 11.1 Å². The highest BCUT2D eigenvalue weighted by molar-refractivity contribution is 5.85. The third-order valence-electron chi connectivity index (χ3n) is 2.79. The fourth-order valence-corrected chi connectivity index (χ4v) is 1.28. The smallest absolute Gasteiger partial charge is 0.330 e. The van der Waals surface area contributed by atoms with Crippen LogP contribution in [0.15, 0.2) is 24.3 Å². The van der Waals surface area contributed by atoms with Crippen molar-refractivity contribution in [3.8, 4) is 0 Å². The lowest BCUT2D eigenvalue weighted by Gasteiger charge is -1.99. The van der Waals surface area contributed by atoms with E-state index in [4.69, 9.17) is 15.9 Å². The highest BCUT2D eigenvalue weighted by Crippen LogP contribution is 2.07. The molecule has 23 heavy (non-hydrogen) atoms. The Morgan fingerprint density at radius 2 is 1.04 bits per heavy atom. The molecule has 0 rings (SSSR count). The van der Waals surface area contributed by atoms with Crippen LogP contribution >= 0.6 is 0 Å². The fourth-order valence-electron chi connectivity index (χ4n) is 1.28. The van der Waals surface area contributed by atoms with Crippen molar-refractivity contribution in [3.63, 3.8) is 0 Å². The van der Waals surface area contributed by atoms with Crippen LogP contribution in [0.2, 0.25) is 0 Å². The van der Waals surface area contributed by atoms with Crippen LogP contribution in [0.25, 0.3) is 0 Å². The van der Waals surface area contributed by atoms with Crippen LogP contribution in [0.3, 0.4) is 0 Å². The first-order chi connectivity index (χ1) is 10.7. The summed E-state index contributed by atoms with van der Waals surface area (Å²) < 4.78 is 0. The molecule has 0 heterocycles. The molecule has 0 saturated heterocycles. The predicted molar refractivity (Wildman–Crippen MR) is 96.6 cm³/mol. The van der Waals surface area contributed by atoms with Gasteiger partial charge in [0, 0.05) is 11.1 Å². The van der Waals surface area contributed by atoms with Gasteiger partial charge in [0.25, 0.3) is 0 Å². The van der Waals surface area contributed by atoms with Gasteiger partial charge in [-0.05, 0) is 26.8 Å². The van der Waals surface area contributed by atoms with E-state index >= 15 is 0 Å². The highest BCUT2D eigenvalue weighted by atomic mass is 16.4. The number of carbonyl (C=O) groups is 2. The number of hydrogen-bond acceptors (Lipinski definition) is 3. The molecular weight excluding hydrogens is 294 g/mol. The second-order valence-corrected chi connectivity index (χ2v) is 5.43. The van der Waals surface area contributed by atoms with Crippen molar-refractivity contribution in [1.82, 2.24) is 0 Å². The number of carboxylic acids is 2. The molecular formula is C18H35NO4. The van der Waals surface area contributed by atoms with Crippen LogP contribution < -0.4 is 5.73 Å². The van der Waals surface area contributed by atoms with Crippen molar-refractivity contribution >= 4 is 11.9 Å². The van der Waals surface area contributed by atoms with Crippen LogP contribution in [0, 0.1) is 0 Å². The van der Waals surface area contributed by atoms with Gasteiger partial charge in [-0.15, -0.1) is 0 Å². The standard InChI is InChI=1S/C10H23N.2C4H6O2/c1-2-3-4-5-6-7-8-9-10-11;2*1-3(2)4(5)6/h2-11H2,1H3;2*1H2,2H3,(H,5,6). The molecule has 0 aromatic carbocycles. The van der Waals surface area contributed by atoms with Gasteiger partial charge in [-0.1, -0.05) is 65.0 Å². The van der Waals surface area contributed by atoms with Gasteiger partial charge in [0.2, 0.25) is 0 Å². The van der Waals surface area contributed by atoms with Gasteiger partial charge in [-0.3, -0.25) is 0 Å². The average molecular weight is 329 g/mol. The van der Waals surface area contributed by atoms with Gasteiger partial charge in [-0.25, -0.2) is 9.59 Å². The minimum Gasteiger partial charge on any atom is -0.478 e. The Bertz CT molecular complexity index is 282. The maximum absolute atomic E-state index is 9.60. The largest absolute Gasteiger partial charge is 0.478 e. The van der Waals surface area contributed by atoms with Gasteiger partial charge in [0.1, 0.15) is 0 Å². The number of rotatable bonds is 10. The van der Waals surface area contributed by atoms with Crippen molar-refractivity contribution in [2.45, 2.75) is 72.1 Å². The number of carboxylic acid groups (broad SMARTS) is 2.